The Balaban J connectivity index is 0.000000172. The number of fused-ring (bicyclic) bond motifs is 1. The van der Waals surface area contributed by atoms with Crippen molar-refractivity contribution >= 4 is 5.78 Å². The third kappa shape index (κ3) is 8.76. The number of allylic oxidation sites excluding steroid dienone is 2. The fraction of sp³-hybridized carbons (Fsp3) is 0.806. The van der Waals surface area contributed by atoms with Gasteiger partial charge in [-0.1, -0.05) is 34.9 Å². The maximum absolute atomic E-state index is 11.0. The van der Waals surface area contributed by atoms with Crippen molar-refractivity contribution in [2.45, 2.75) is 116 Å². The number of hydrogen-bond acceptors (Lipinski definition) is 10. The van der Waals surface area contributed by atoms with Gasteiger partial charge in [-0.15, -0.1) is 0 Å². The predicted molar refractivity (Wildman–Crippen MR) is 175 cm³/mol. The summed E-state index contributed by atoms with van der Waals surface area (Å²) < 4.78 is 17.0. The molecule has 6 aliphatic rings. The standard InChI is InChI=1S/C13H22O3.C9H14O2.C7H12O3.C7H12O2/c1-9-5-6-11(10(9)7-14)13(4)8-15-12(2,3)16-13;1-6-3-4-8(7(2)11)9(6)5-10;1-7-4(3-8)5(9)2-6(7)10-7;1-5-2-3-7(9)6(5)4-8/h5,10-11,14H,6-8H2,1-4H3;3,8-10H,4-5H2,1-2H3;4-6,8-9H,2-3H2,1H3;2,6-9H,3-4H2,1H3/t10-,11-,13?;8-,9+;4-,5+,6-,7+;6-,7-/m0110/s1. The lowest BCUT2D eigenvalue weighted by Crippen LogP contribution is -2.42. The second kappa shape index (κ2) is 15.8. The first kappa shape index (κ1) is 39.0. The van der Waals surface area contributed by atoms with Gasteiger partial charge in [0.2, 0.25) is 0 Å². The molecule has 46 heavy (non-hydrogen) atoms. The Bertz CT molecular complexity index is 1130. The molecule has 0 aromatic heterocycles. The highest BCUT2D eigenvalue weighted by atomic mass is 16.8. The molecule has 1 unspecified atom stereocenters. The van der Waals surface area contributed by atoms with Gasteiger partial charge in [0, 0.05) is 48.5 Å². The van der Waals surface area contributed by atoms with Crippen molar-refractivity contribution in [1.82, 2.24) is 0 Å². The van der Waals surface area contributed by atoms with E-state index in [9.17, 15) is 15.0 Å². The number of aliphatic hydroxyl groups excluding tert-OH is 6. The largest absolute Gasteiger partial charge is 0.396 e. The van der Waals surface area contributed by atoms with Crippen LogP contribution in [0.3, 0.4) is 0 Å². The summed E-state index contributed by atoms with van der Waals surface area (Å²) in [5, 5.41) is 54.5. The van der Waals surface area contributed by atoms with Crippen molar-refractivity contribution < 1.29 is 49.6 Å². The number of aliphatic hydroxyl groups is 6. The number of Topliss-reactive ketones (excluding diaryl/α,β-unsaturated/α-hetero) is 1. The number of carbonyl (C=O) groups excluding carboxylic acids is 1. The van der Waals surface area contributed by atoms with Crippen molar-refractivity contribution in [3.05, 3.63) is 34.9 Å². The molecule has 264 valence electrons. The molecule has 0 spiro atoms. The van der Waals surface area contributed by atoms with Gasteiger partial charge in [-0.2, -0.15) is 0 Å². The lowest BCUT2D eigenvalue weighted by Gasteiger charge is -2.35. The topological polar surface area (TPSA) is 169 Å². The van der Waals surface area contributed by atoms with Gasteiger partial charge in [-0.3, -0.25) is 4.79 Å². The summed E-state index contributed by atoms with van der Waals surface area (Å²) in [5.74, 6) is 0.333. The molecule has 2 saturated heterocycles. The molecule has 2 aliphatic heterocycles. The zero-order chi connectivity index (χ0) is 34.6. The summed E-state index contributed by atoms with van der Waals surface area (Å²) >= 11 is 0. The van der Waals surface area contributed by atoms with Crippen molar-refractivity contribution in [2.75, 3.05) is 33.0 Å². The Morgan fingerprint density at radius 3 is 1.70 bits per heavy atom. The molecule has 2 heterocycles. The summed E-state index contributed by atoms with van der Waals surface area (Å²) in [7, 11) is 0. The molecule has 3 fully saturated rings. The average Bonchev–Trinajstić information content (AvgIpc) is 3.47. The van der Waals surface area contributed by atoms with Gasteiger partial charge in [0.1, 0.15) is 5.78 Å². The number of epoxide rings is 1. The number of carbonyl (C=O) groups is 1. The normalized spacial score (nSPS) is 41.5. The highest BCUT2D eigenvalue weighted by Crippen LogP contribution is 2.53. The zero-order valence-electron chi connectivity index (χ0n) is 29.1. The van der Waals surface area contributed by atoms with E-state index in [1.54, 1.807) is 6.92 Å². The Labute approximate surface area is 275 Å². The van der Waals surface area contributed by atoms with Gasteiger partial charge in [-0.25, -0.2) is 0 Å². The van der Waals surface area contributed by atoms with E-state index in [4.69, 9.17) is 34.6 Å². The van der Waals surface area contributed by atoms with Crippen LogP contribution in [0.15, 0.2) is 34.9 Å². The molecular formula is C36H60O10. The van der Waals surface area contributed by atoms with E-state index in [-0.39, 0.29) is 91.3 Å². The Morgan fingerprint density at radius 2 is 1.33 bits per heavy atom. The number of ether oxygens (including phenoxy) is 3. The van der Waals surface area contributed by atoms with Crippen LogP contribution >= 0.6 is 0 Å². The maximum Gasteiger partial charge on any atom is 0.163 e. The average molecular weight is 653 g/mol. The van der Waals surface area contributed by atoms with Gasteiger partial charge in [0.05, 0.1) is 55.9 Å². The molecule has 10 heteroatoms. The van der Waals surface area contributed by atoms with E-state index in [2.05, 4.69) is 19.9 Å². The third-order valence-corrected chi connectivity index (χ3v) is 11.2. The first-order valence-electron chi connectivity index (χ1n) is 16.8. The molecule has 0 bridgehead atoms. The summed E-state index contributed by atoms with van der Waals surface area (Å²) in [4.78, 5) is 11.0. The van der Waals surface area contributed by atoms with Gasteiger partial charge < -0.3 is 44.8 Å². The summed E-state index contributed by atoms with van der Waals surface area (Å²) in [5.41, 5.74) is 3.08. The molecule has 6 rings (SSSR count). The molecule has 0 aromatic rings. The first-order valence-corrected chi connectivity index (χ1v) is 16.8. The van der Waals surface area contributed by atoms with Crippen molar-refractivity contribution in [3.8, 4) is 0 Å². The molecule has 6 N–H and O–H groups in total. The van der Waals surface area contributed by atoms with Crippen molar-refractivity contribution in [1.29, 1.82) is 0 Å². The Hall–Kier alpha value is -1.47. The highest BCUT2D eigenvalue weighted by Gasteiger charge is 2.65. The van der Waals surface area contributed by atoms with Gasteiger partial charge in [-0.05, 0) is 74.7 Å². The van der Waals surface area contributed by atoms with Crippen molar-refractivity contribution in [3.63, 3.8) is 0 Å². The molecule has 0 amide bonds. The van der Waals surface area contributed by atoms with E-state index in [1.165, 1.54) is 5.57 Å². The highest BCUT2D eigenvalue weighted by molar-refractivity contribution is 5.79. The number of ketones is 1. The summed E-state index contributed by atoms with van der Waals surface area (Å²) in [6.45, 7) is 16.6. The minimum atomic E-state index is -0.495. The minimum Gasteiger partial charge on any atom is -0.396 e. The van der Waals surface area contributed by atoms with Gasteiger partial charge in [0.25, 0.3) is 0 Å². The SMILES string of the molecule is CC(=O)[C@H]1CC=C(C)[C@@H]1CO.CC1=CC[C@H](C2(C)COC(C)(C)O2)[C@H]1CO.CC1=CC[C@H](O)[C@H]1CO.C[C@@]12O[C@@H]1C[C@H](O)[C@H]2CO. The fourth-order valence-corrected chi connectivity index (χ4v) is 7.82. The van der Waals surface area contributed by atoms with Crippen molar-refractivity contribution in [2.24, 2.45) is 35.5 Å². The van der Waals surface area contributed by atoms with E-state index in [1.807, 2.05) is 46.8 Å². The monoisotopic (exact) mass is 652 g/mol. The van der Waals surface area contributed by atoms with E-state index in [0.29, 0.717) is 25.4 Å². The molecule has 10 nitrogen and oxygen atoms in total. The lowest BCUT2D eigenvalue weighted by atomic mass is 9.79. The fourth-order valence-electron chi connectivity index (χ4n) is 7.82. The lowest BCUT2D eigenvalue weighted by molar-refractivity contribution is -0.171. The van der Waals surface area contributed by atoms with E-state index >= 15 is 0 Å². The van der Waals surface area contributed by atoms with E-state index < -0.39 is 5.79 Å². The van der Waals surface area contributed by atoms with Crippen LogP contribution in [-0.4, -0.2) is 105 Å². The Morgan fingerprint density at radius 1 is 0.783 bits per heavy atom. The second-order valence-corrected chi connectivity index (χ2v) is 14.8. The zero-order valence-corrected chi connectivity index (χ0v) is 29.1. The predicted octanol–water partition coefficient (Wildman–Crippen LogP) is 3.08. The summed E-state index contributed by atoms with van der Waals surface area (Å²) in [6, 6.07) is 0. The van der Waals surface area contributed by atoms with E-state index in [0.717, 1.165) is 24.0 Å². The van der Waals surface area contributed by atoms with Crippen LogP contribution in [0, 0.1) is 35.5 Å². The summed E-state index contributed by atoms with van der Waals surface area (Å²) in [6.07, 6.45) is 8.95. The number of rotatable bonds is 6. The minimum absolute atomic E-state index is 0.00463. The van der Waals surface area contributed by atoms with Crippen LogP contribution in [0.1, 0.15) is 81.1 Å². The van der Waals surface area contributed by atoms with Crippen LogP contribution in [0.5, 0.6) is 0 Å². The van der Waals surface area contributed by atoms with Gasteiger partial charge in [0.15, 0.2) is 5.79 Å². The quantitative estimate of drug-likeness (QED) is 0.185. The Kier molecular flexibility index (Phi) is 13.4. The van der Waals surface area contributed by atoms with Crippen LogP contribution in [0.4, 0.5) is 0 Å². The number of hydrogen-bond donors (Lipinski definition) is 6. The molecule has 0 radical (unpaired) electrons. The first-order chi connectivity index (χ1) is 21.5. The molecule has 11 atom stereocenters. The van der Waals surface area contributed by atoms with Crippen LogP contribution in [0.25, 0.3) is 0 Å². The maximum atomic E-state index is 11.0. The van der Waals surface area contributed by atoms with Gasteiger partial charge >= 0.3 is 0 Å². The van der Waals surface area contributed by atoms with Crippen LogP contribution in [0.2, 0.25) is 0 Å². The smallest absolute Gasteiger partial charge is 0.163 e. The molecule has 4 aliphatic carbocycles. The van der Waals surface area contributed by atoms with Crippen LogP contribution in [-0.2, 0) is 19.0 Å². The molecular weight excluding hydrogens is 592 g/mol. The second-order valence-electron chi connectivity index (χ2n) is 14.8. The molecule has 1 saturated carbocycles. The van der Waals surface area contributed by atoms with Crippen LogP contribution < -0.4 is 0 Å². The third-order valence-electron chi connectivity index (χ3n) is 11.2. The molecule has 0 aromatic carbocycles.